The minimum Gasteiger partial charge on any atom is -0.497 e. The number of ether oxygens (including phenoxy) is 1. The Balaban J connectivity index is 2.47. The summed E-state index contributed by atoms with van der Waals surface area (Å²) in [7, 11) is 3.74. The van der Waals surface area contributed by atoms with Crippen molar-refractivity contribution in [2.45, 2.75) is 25.8 Å². The molecule has 1 aromatic carbocycles. The van der Waals surface area contributed by atoms with Gasteiger partial charge in [0, 0.05) is 12.6 Å². The molecular formula is C14H20N2O. The molecule has 0 heterocycles. The topological polar surface area (TPSA) is 36.3 Å². The molecule has 0 fully saturated rings. The van der Waals surface area contributed by atoms with Crippen LogP contribution in [0.4, 0.5) is 0 Å². The van der Waals surface area contributed by atoms with Crippen LogP contribution < -0.4 is 4.74 Å². The van der Waals surface area contributed by atoms with E-state index in [-0.39, 0.29) is 0 Å². The maximum atomic E-state index is 8.65. The third kappa shape index (κ3) is 4.46. The molecule has 1 rings (SSSR count). The smallest absolute Gasteiger partial charge is 0.119 e. The van der Waals surface area contributed by atoms with Crippen molar-refractivity contribution in [3.8, 4) is 11.8 Å². The van der Waals surface area contributed by atoms with Crippen molar-refractivity contribution in [1.29, 1.82) is 5.26 Å². The number of nitriles is 1. The van der Waals surface area contributed by atoms with Crippen molar-refractivity contribution in [2.75, 3.05) is 20.7 Å². The van der Waals surface area contributed by atoms with E-state index in [1.807, 2.05) is 12.1 Å². The van der Waals surface area contributed by atoms with Gasteiger partial charge >= 0.3 is 0 Å². The molecule has 0 radical (unpaired) electrons. The summed E-state index contributed by atoms with van der Waals surface area (Å²) < 4.78 is 5.19. The van der Waals surface area contributed by atoms with Gasteiger partial charge in [0.2, 0.25) is 0 Å². The number of nitrogens with zero attached hydrogens (tertiary/aromatic N) is 2. The van der Waals surface area contributed by atoms with Crippen LogP contribution in [0.25, 0.3) is 0 Å². The number of hydrogen-bond donors (Lipinski definition) is 0. The van der Waals surface area contributed by atoms with Crippen LogP contribution in [0.3, 0.4) is 0 Å². The number of rotatable bonds is 6. The highest BCUT2D eigenvalue weighted by molar-refractivity contribution is 5.28. The molecule has 0 spiro atoms. The van der Waals surface area contributed by atoms with Crippen molar-refractivity contribution >= 4 is 0 Å². The average Bonchev–Trinajstić information content (AvgIpc) is 2.36. The average molecular weight is 232 g/mol. The van der Waals surface area contributed by atoms with Gasteiger partial charge in [0.05, 0.1) is 19.6 Å². The molecule has 0 aliphatic carbocycles. The lowest BCUT2D eigenvalue weighted by Gasteiger charge is -2.22. The van der Waals surface area contributed by atoms with Gasteiger partial charge in [-0.25, -0.2) is 0 Å². The second kappa shape index (κ2) is 6.93. The lowest BCUT2D eigenvalue weighted by atomic mass is 10.1. The van der Waals surface area contributed by atoms with E-state index in [0.717, 1.165) is 18.7 Å². The minimum absolute atomic E-state index is 0.311. The first-order chi connectivity index (χ1) is 8.17. The Kier molecular flexibility index (Phi) is 5.51. The lowest BCUT2D eigenvalue weighted by molar-refractivity contribution is 0.264. The fraction of sp³-hybridized carbons (Fsp3) is 0.500. The molecule has 0 saturated heterocycles. The van der Waals surface area contributed by atoms with E-state index in [1.165, 1.54) is 5.56 Å². The highest BCUT2D eigenvalue weighted by Gasteiger charge is 2.08. The predicted molar refractivity (Wildman–Crippen MR) is 69.0 cm³/mol. The maximum absolute atomic E-state index is 8.65. The normalized spacial score (nSPS) is 12.2. The molecule has 0 aliphatic heterocycles. The first-order valence-corrected chi connectivity index (χ1v) is 5.87. The summed E-state index contributed by atoms with van der Waals surface area (Å²) in [6.45, 7) is 3.03. The van der Waals surface area contributed by atoms with Gasteiger partial charge in [-0.1, -0.05) is 12.1 Å². The minimum atomic E-state index is 0.311. The van der Waals surface area contributed by atoms with Crippen LogP contribution in [0.5, 0.6) is 5.75 Å². The van der Waals surface area contributed by atoms with Crippen LogP contribution in [0.2, 0.25) is 0 Å². The van der Waals surface area contributed by atoms with Crippen molar-refractivity contribution in [3.05, 3.63) is 29.8 Å². The van der Waals surface area contributed by atoms with Crippen LogP contribution in [0, 0.1) is 11.3 Å². The van der Waals surface area contributed by atoms with Crippen molar-refractivity contribution < 1.29 is 4.74 Å². The van der Waals surface area contributed by atoms with Gasteiger partial charge in [-0.05, 0) is 38.1 Å². The van der Waals surface area contributed by atoms with Gasteiger partial charge in [-0.15, -0.1) is 0 Å². The zero-order chi connectivity index (χ0) is 12.7. The Hall–Kier alpha value is -1.53. The SMILES string of the molecule is COc1cccc(CCN(C)C(C)CC#N)c1. The Labute approximate surface area is 104 Å². The van der Waals surface area contributed by atoms with Crippen molar-refractivity contribution in [2.24, 2.45) is 0 Å². The van der Waals surface area contributed by atoms with Gasteiger partial charge in [0.1, 0.15) is 5.75 Å². The molecule has 0 N–H and O–H groups in total. The largest absolute Gasteiger partial charge is 0.497 e. The molecule has 1 atom stereocenters. The molecule has 17 heavy (non-hydrogen) atoms. The van der Waals surface area contributed by atoms with E-state index in [0.29, 0.717) is 12.5 Å². The number of hydrogen-bond acceptors (Lipinski definition) is 3. The van der Waals surface area contributed by atoms with Crippen LogP contribution in [-0.2, 0) is 6.42 Å². The van der Waals surface area contributed by atoms with Gasteiger partial charge in [-0.3, -0.25) is 0 Å². The van der Waals surface area contributed by atoms with Crippen LogP contribution in [0.15, 0.2) is 24.3 Å². The summed E-state index contributed by atoms with van der Waals surface area (Å²) in [5, 5.41) is 8.65. The molecule has 3 heteroatoms. The summed E-state index contributed by atoms with van der Waals surface area (Å²) in [4.78, 5) is 2.21. The third-order valence-electron chi connectivity index (χ3n) is 3.03. The fourth-order valence-corrected chi connectivity index (χ4v) is 1.64. The molecule has 92 valence electrons. The second-order valence-electron chi connectivity index (χ2n) is 4.29. The van der Waals surface area contributed by atoms with Gasteiger partial charge in [-0.2, -0.15) is 5.26 Å². The quantitative estimate of drug-likeness (QED) is 0.756. The summed E-state index contributed by atoms with van der Waals surface area (Å²) in [5.41, 5.74) is 1.26. The highest BCUT2D eigenvalue weighted by atomic mass is 16.5. The zero-order valence-corrected chi connectivity index (χ0v) is 10.8. The zero-order valence-electron chi connectivity index (χ0n) is 10.8. The predicted octanol–water partition coefficient (Wildman–Crippen LogP) is 2.47. The summed E-state index contributed by atoms with van der Waals surface area (Å²) >= 11 is 0. The van der Waals surface area contributed by atoms with E-state index in [4.69, 9.17) is 10.00 Å². The van der Waals surface area contributed by atoms with Crippen molar-refractivity contribution in [3.63, 3.8) is 0 Å². The summed E-state index contributed by atoms with van der Waals surface area (Å²) in [5.74, 6) is 0.898. The molecule has 1 aromatic rings. The third-order valence-corrected chi connectivity index (χ3v) is 3.03. The van der Waals surface area contributed by atoms with Crippen molar-refractivity contribution in [1.82, 2.24) is 4.90 Å². The lowest BCUT2D eigenvalue weighted by Crippen LogP contribution is -2.30. The number of benzene rings is 1. The Morgan fingerprint density at radius 1 is 1.47 bits per heavy atom. The number of methoxy groups -OCH3 is 1. The van der Waals surface area contributed by atoms with Gasteiger partial charge in [0.15, 0.2) is 0 Å². The maximum Gasteiger partial charge on any atom is 0.119 e. The summed E-state index contributed by atoms with van der Waals surface area (Å²) in [6, 6.07) is 10.6. The molecule has 1 unspecified atom stereocenters. The monoisotopic (exact) mass is 232 g/mol. The van der Waals surface area contributed by atoms with Crippen LogP contribution in [-0.4, -0.2) is 31.6 Å². The second-order valence-corrected chi connectivity index (χ2v) is 4.29. The van der Waals surface area contributed by atoms with E-state index >= 15 is 0 Å². The fourth-order valence-electron chi connectivity index (χ4n) is 1.64. The molecule has 0 aromatic heterocycles. The number of likely N-dealkylation sites (N-methyl/N-ethyl adjacent to an activating group) is 1. The molecule has 0 saturated carbocycles. The summed E-state index contributed by atoms with van der Waals surface area (Å²) in [6.07, 6.45) is 1.55. The van der Waals surface area contributed by atoms with E-state index in [1.54, 1.807) is 7.11 Å². The van der Waals surface area contributed by atoms with Gasteiger partial charge in [0.25, 0.3) is 0 Å². The molecule has 0 aliphatic rings. The Morgan fingerprint density at radius 2 is 2.24 bits per heavy atom. The van der Waals surface area contributed by atoms with E-state index < -0.39 is 0 Å². The molecule has 3 nitrogen and oxygen atoms in total. The van der Waals surface area contributed by atoms with Crippen LogP contribution in [0.1, 0.15) is 18.9 Å². The van der Waals surface area contributed by atoms with Crippen LogP contribution >= 0.6 is 0 Å². The Bertz CT molecular complexity index is 384. The Morgan fingerprint density at radius 3 is 2.88 bits per heavy atom. The first kappa shape index (κ1) is 13.5. The standard InChI is InChI=1S/C14H20N2O/c1-12(7-9-15)16(2)10-8-13-5-4-6-14(11-13)17-3/h4-6,11-12H,7-8,10H2,1-3H3. The van der Waals surface area contributed by atoms with E-state index in [9.17, 15) is 0 Å². The van der Waals surface area contributed by atoms with Gasteiger partial charge < -0.3 is 9.64 Å². The molecular weight excluding hydrogens is 212 g/mol. The molecule has 0 bridgehead atoms. The first-order valence-electron chi connectivity index (χ1n) is 5.87. The highest BCUT2D eigenvalue weighted by Crippen LogP contribution is 2.13. The van der Waals surface area contributed by atoms with E-state index in [2.05, 4.69) is 37.1 Å². The molecule has 0 amide bonds.